The lowest BCUT2D eigenvalue weighted by atomic mass is 9.71. The zero-order chi connectivity index (χ0) is 26.4. The largest absolute Gasteiger partial charge is 0.379 e. The molecule has 2 fully saturated rings. The van der Waals surface area contributed by atoms with Gasteiger partial charge in [0.05, 0.1) is 19.1 Å². The van der Waals surface area contributed by atoms with E-state index in [9.17, 15) is 4.79 Å². The second-order valence-electron chi connectivity index (χ2n) is 11.3. The number of hydrogen-bond acceptors (Lipinski definition) is 4. The first-order valence-electron chi connectivity index (χ1n) is 14.8. The highest BCUT2D eigenvalue weighted by molar-refractivity contribution is 5.99. The van der Waals surface area contributed by atoms with Crippen LogP contribution in [0, 0.1) is 5.92 Å². The van der Waals surface area contributed by atoms with Crippen LogP contribution in [-0.2, 0) is 4.74 Å². The molecule has 3 aromatic rings. The number of Topliss-reactive ketones (excluding diaryl/α,β-unsaturated/α-hetero) is 1. The van der Waals surface area contributed by atoms with E-state index in [1.807, 2.05) is 30.3 Å². The van der Waals surface area contributed by atoms with Gasteiger partial charge in [0.2, 0.25) is 0 Å². The van der Waals surface area contributed by atoms with Gasteiger partial charge in [-0.05, 0) is 29.5 Å². The quantitative estimate of drug-likeness (QED) is 0.326. The summed E-state index contributed by atoms with van der Waals surface area (Å²) in [6.07, 6.45) is 6.24. The number of ketones is 1. The molecule has 3 aliphatic rings. The van der Waals surface area contributed by atoms with Gasteiger partial charge in [0, 0.05) is 49.4 Å². The van der Waals surface area contributed by atoms with Crippen LogP contribution in [0.25, 0.3) is 5.70 Å². The Morgan fingerprint density at radius 3 is 2.05 bits per heavy atom. The van der Waals surface area contributed by atoms with Gasteiger partial charge in [-0.3, -0.25) is 9.69 Å². The zero-order valence-electron chi connectivity index (χ0n) is 22.9. The number of carbonyl (C=O) groups is 1. The molecule has 4 heteroatoms. The molecule has 1 saturated carbocycles. The normalized spacial score (nSPS) is 23.1. The van der Waals surface area contributed by atoms with Crippen molar-refractivity contribution >= 4 is 11.5 Å². The van der Waals surface area contributed by atoms with Crippen LogP contribution in [0.15, 0.2) is 96.6 Å². The highest BCUT2D eigenvalue weighted by atomic mass is 16.5. The Hall–Kier alpha value is -3.21. The van der Waals surface area contributed by atoms with Crippen molar-refractivity contribution in [3.63, 3.8) is 0 Å². The van der Waals surface area contributed by atoms with Crippen LogP contribution in [0.1, 0.15) is 59.5 Å². The van der Waals surface area contributed by atoms with Gasteiger partial charge in [-0.1, -0.05) is 110 Å². The van der Waals surface area contributed by atoms with Crippen LogP contribution in [0.5, 0.6) is 0 Å². The molecule has 0 amide bonds. The maximum absolute atomic E-state index is 14.4. The van der Waals surface area contributed by atoms with E-state index in [0.717, 1.165) is 45.0 Å². The van der Waals surface area contributed by atoms with E-state index < -0.39 is 0 Å². The molecule has 6 rings (SSSR count). The molecule has 39 heavy (non-hydrogen) atoms. The lowest BCUT2D eigenvalue weighted by Crippen LogP contribution is -2.49. The van der Waals surface area contributed by atoms with Crippen molar-refractivity contribution in [1.29, 1.82) is 0 Å². The minimum absolute atomic E-state index is 0.0248. The summed E-state index contributed by atoms with van der Waals surface area (Å²) >= 11 is 0. The smallest absolute Gasteiger partial charge is 0.168 e. The molecule has 0 aromatic heterocycles. The Bertz CT molecular complexity index is 1250. The van der Waals surface area contributed by atoms with Crippen molar-refractivity contribution in [2.75, 3.05) is 39.4 Å². The molecule has 2 aliphatic heterocycles. The van der Waals surface area contributed by atoms with E-state index in [-0.39, 0.29) is 17.6 Å². The number of morpholine rings is 1. The Morgan fingerprint density at radius 1 is 0.769 bits per heavy atom. The van der Waals surface area contributed by atoms with Gasteiger partial charge in [0.1, 0.15) is 0 Å². The minimum Gasteiger partial charge on any atom is -0.379 e. The van der Waals surface area contributed by atoms with Gasteiger partial charge in [0.25, 0.3) is 0 Å². The van der Waals surface area contributed by atoms with Crippen molar-refractivity contribution < 1.29 is 9.53 Å². The van der Waals surface area contributed by atoms with E-state index in [0.29, 0.717) is 6.04 Å². The van der Waals surface area contributed by atoms with Gasteiger partial charge in [-0.25, -0.2) is 0 Å². The molecule has 4 nitrogen and oxygen atoms in total. The number of ether oxygens (including phenoxy) is 1. The molecule has 202 valence electrons. The fourth-order valence-electron chi connectivity index (χ4n) is 6.97. The topological polar surface area (TPSA) is 32.8 Å². The first kappa shape index (κ1) is 26.0. The maximum atomic E-state index is 14.4. The van der Waals surface area contributed by atoms with E-state index in [1.165, 1.54) is 54.5 Å². The number of hydrogen-bond donors (Lipinski definition) is 0. The van der Waals surface area contributed by atoms with Crippen molar-refractivity contribution in [2.24, 2.45) is 5.92 Å². The first-order valence-corrected chi connectivity index (χ1v) is 14.8. The monoisotopic (exact) mass is 520 g/mol. The second kappa shape index (κ2) is 12.3. The first-order chi connectivity index (χ1) is 19.3. The molecular formula is C35H40N2O2. The van der Waals surface area contributed by atoms with Gasteiger partial charge in [-0.15, -0.1) is 0 Å². The molecule has 2 atom stereocenters. The van der Waals surface area contributed by atoms with Crippen molar-refractivity contribution in [2.45, 2.75) is 44.1 Å². The summed E-state index contributed by atoms with van der Waals surface area (Å²) in [5, 5.41) is 0. The van der Waals surface area contributed by atoms with E-state index in [1.54, 1.807) is 0 Å². The summed E-state index contributed by atoms with van der Waals surface area (Å²) in [6.45, 7) is 5.00. The van der Waals surface area contributed by atoms with E-state index >= 15 is 0 Å². The predicted molar refractivity (Wildman–Crippen MR) is 158 cm³/mol. The average Bonchev–Trinajstić information content (AvgIpc) is 3.02. The highest BCUT2D eigenvalue weighted by Gasteiger charge is 2.43. The summed E-state index contributed by atoms with van der Waals surface area (Å²) in [6, 6.07) is 32.2. The lowest BCUT2D eigenvalue weighted by molar-refractivity contribution is 0.0403. The summed E-state index contributed by atoms with van der Waals surface area (Å²) in [4.78, 5) is 19.6. The molecule has 0 radical (unpaired) electrons. The molecule has 3 aromatic carbocycles. The Kier molecular flexibility index (Phi) is 8.22. The number of carbonyl (C=O) groups excluding carboxylic acids is 1. The Balaban J connectivity index is 1.55. The van der Waals surface area contributed by atoms with Gasteiger partial charge >= 0.3 is 0 Å². The highest BCUT2D eigenvalue weighted by Crippen LogP contribution is 2.46. The fraction of sp³-hybridized carbons (Fsp3) is 0.400. The summed E-state index contributed by atoms with van der Waals surface area (Å²) < 4.78 is 5.72. The number of nitrogens with zero attached hydrogens (tertiary/aromatic N) is 2. The van der Waals surface area contributed by atoms with Crippen LogP contribution in [-0.4, -0.2) is 61.0 Å². The molecule has 1 aliphatic carbocycles. The minimum atomic E-state index is -0.139. The predicted octanol–water partition coefficient (Wildman–Crippen LogP) is 6.66. The van der Waals surface area contributed by atoms with Crippen LogP contribution >= 0.6 is 0 Å². The van der Waals surface area contributed by atoms with Crippen molar-refractivity contribution in [3.8, 4) is 0 Å². The molecule has 1 saturated heterocycles. The second-order valence-corrected chi connectivity index (χ2v) is 11.3. The molecule has 0 unspecified atom stereocenters. The zero-order valence-corrected chi connectivity index (χ0v) is 22.9. The van der Waals surface area contributed by atoms with Crippen molar-refractivity contribution in [1.82, 2.24) is 9.80 Å². The van der Waals surface area contributed by atoms with Crippen molar-refractivity contribution in [3.05, 3.63) is 113 Å². The summed E-state index contributed by atoms with van der Waals surface area (Å²) in [5.74, 6) is 0.147. The third-order valence-electron chi connectivity index (χ3n) is 8.88. The van der Waals surface area contributed by atoms with Crippen LogP contribution < -0.4 is 0 Å². The van der Waals surface area contributed by atoms with Gasteiger partial charge in [0.15, 0.2) is 5.78 Å². The standard InChI is InChI=1S/C35H40N2O2/c38-35(29-17-9-3-10-18-29)32-26-37(30-19-11-4-12-20-30)34(28-15-7-2-8-16-28)31(25-36-21-23-39-24-22-36)33(32)27-13-5-1-6-14-27/h1-3,5-10,13-18,30,32-33H,4,11-12,19-26H2/t32-,33+/m1/s1. The molecule has 0 N–H and O–H groups in total. The third kappa shape index (κ3) is 5.73. The van der Waals surface area contributed by atoms with Crippen LogP contribution in [0.3, 0.4) is 0 Å². The maximum Gasteiger partial charge on any atom is 0.168 e. The van der Waals surface area contributed by atoms with Gasteiger partial charge in [-0.2, -0.15) is 0 Å². The fourth-order valence-corrected chi connectivity index (χ4v) is 6.97. The van der Waals surface area contributed by atoms with Gasteiger partial charge < -0.3 is 9.64 Å². The number of benzene rings is 3. The summed E-state index contributed by atoms with van der Waals surface area (Å²) in [7, 11) is 0. The Labute approximate surface area is 233 Å². The SMILES string of the molecule is O=C(c1ccccc1)[C@@H]1CN(C2CCCCC2)C(c2ccccc2)=C(CN2CCOCC2)[C@@H]1c1ccccc1. The van der Waals surface area contributed by atoms with E-state index in [4.69, 9.17) is 4.74 Å². The molecule has 0 spiro atoms. The Morgan fingerprint density at radius 2 is 1.38 bits per heavy atom. The van der Waals surface area contributed by atoms with Crippen LogP contribution in [0.2, 0.25) is 0 Å². The molecule has 0 bridgehead atoms. The lowest BCUT2D eigenvalue weighted by Gasteiger charge is -2.48. The van der Waals surface area contributed by atoms with Crippen LogP contribution in [0.4, 0.5) is 0 Å². The molecular weight excluding hydrogens is 480 g/mol. The number of rotatable bonds is 7. The molecule has 2 heterocycles. The average molecular weight is 521 g/mol. The van der Waals surface area contributed by atoms with E-state index in [2.05, 4.69) is 70.5 Å². The third-order valence-corrected chi connectivity index (χ3v) is 8.88. The summed E-state index contributed by atoms with van der Waals surface area (Å²) in [5.41, 5.74) is 6.09.